The minimum Gasteiger partial charge on any atom is -0.370 e. The monoisotopic (exact) mass is 400 g/mol. The van der Waals surface area contributed by atoms with Crippen molar-refractivity contribution >= 4 is 39.1 Å². The number of anilines is 2. The quantitative estimate of drug-likeness (QED) is 0.481. The molecule has 1 aliphatic heterocycles. The van der Waals surface area contributed by atoms with E-state index in [1.54, 1.807) is 0 Å². The fourth-order valence-corrected chi connectivity index (χ4v) is 4.38. The minimum absolute atomic E-state index is 0.0677. The molecule has 1 aliphatic rings. The van der Waals surface area contributed by atoms with Gasteiger partial charge in [0.1, 0.15) is 0 Å². The van der Waals surface area contributed by atoms with Crippen molar-refractivity contribution in [2.45, 2.75) is 25.7 Å². The van der Waals surface area contributed by atoms with Crippen LogP contribution in [0, 0.1) is 0 Å². The number of benzene rings is 3. The fourth-order valence-electron chi connectivity index (χ4n) is 4.38. The van der Waals surface area contributed by atoms with Crippen LogP contribution in [0.25, 0.3) is 21.8 Å². The van der Waals surface area contributed by atoms with Crippen molar-refractivity contribution in [3.05, 3.63) is 70.6 Å². The average molecular weight is 400 g/mol. The van der Waals surface area contributed by atoms with E-state index in [1.807, 2.05) is 42.5 Å². The predicted octanol–water partition coefficient (Wildman–Crippen LogP) is 4.18. The van der Waals surface area contributed by atoms with E-state index in [9.17, 15) is 9.59 Å². The number of hydrogen-bond acceptors (Lipinski definition) is 3. The molecule has 1 aromatic heterocycles. The lowest BCUT2D eigenvalue weighted by Crippen LogP contribution is -2.30. The molecule has 4 aromatic rings. The van der Waals surface area contributed by atoms with Gasteiger partial charge in [-0.05, 0) is 47.7 Å². The molecule has 3 aromatic carbocycles. The summed E-state index contributed by atoms with van der Waals surface area (Å²) in [5.74, 6) is -0.0677. The summed E-state index contributed by atoms with van der Waals surface area (Å²) in [5, 5.41) is 5.33. The summed E-state index contributed by atoms with van der Waals surface area (Å²) in [4.78, 5) is 32.7. The highest BCUT2D eigenvalue weighted by molar-refractivity contribution is 6.00. The van der Waals surface area contributed by atoms with Gasteiger partial charge in [0, 0.05) is 13.1 Å². The molecule has 0 bridgehead atoms. The van der Waals surface area contributed by atoms with Crippen LogP contribution in [0.4, 0.5) is 11.4 Å². The Labute approximate surface area is 173 Å². The van der Waals surface area contributed by atoms with E-state index in [1.165, 1.54) is 6.42 Å². The Morgan fingerprint density at radius 3 is 2.50 bits per heavy atom. The van der Waals surface area contributed by atoms with Crippen LogP contribution in [-0.2, 0) is 11.2 Å². The molecule has 0 spiro atoms. The van der Waals surface area contributed by atoms with Gasteiger partial charge in [-0.3, -0.25) is 4.79 Å². The Kier molecular flexibility index (Phi) is 4.75. The van der Waals surface area contributed by atoms with Gasteiger partial charge in [-0.2, -0.15) is 0 Å². The van der Waals surface area contributed by atoms with Gasteiger partial charge in [-0.15, -0.1) is 0 Å². The number of carbonyl (C=O) groups excluding carboxylic acids is 1. The van der Waals surface area contributed by atoms with E-state index in [2.05, 4.69) is 32.3 Å². The van der Waals surface area contributed by atoms with Crippen molar-refractivity contribution in [3.63, 3.8) is 0 Å². The summed E-state index contributed by atoms with van der Waals surface area (Å²) < 4.78 is 0. The number of H-pyrrole nitrogens is 2. The number of nitrogens with zero attached hydrogens (tertiary/aromatic N) is 1. The van der Waals surface area contributed by atoms with Crippen LogP contribution in [0.3, 0.4) is 0 Å². The number of aromatic amines is 2. The van der Waals surface area contributed by atoms with Crippen LogP contribution < -0.4 is 15.9 Å². The van der Waals surface area contributed by atoms with Crippen molar-refractivity contribution in [3.8, 4) is 0 Å². The lowest BCUT2D eigenvalue weighted by Gasteiger charge is -2.30. The molecule has 0 saturated carbocycles. The summed E-state index contributed by atoms with van der Waals surface area (Å²) in [7, 11) is 0. The first-order valence-corrected chi connectivity index (χ1v) is 10.4. The normalized spacial score (nSPS) is 14.3. The van der Waals surface area contributed by atoms with Crippen LogP contribution in [0.15, 0.2) is 59.4 Å². The van der Waals surface area contributed by atoms with Crippen molar-refractivity contribution in [2.24, 2.45) is 0 Å². The smallest absolute Gasteiger partial charge is 0.323 e. The number of hydrogen-bond donors (Lipinski definition) is 3. The molecule has 0 unspecified atom stereocenters. The first-order chi connectivity index (χ1) is 14.7. The first kappa shape index (κ1) is 18.5. The minimum atomic E-state index is -0.242. The maximum Gasteiger partial charge on any atom is 0.323 e. The number of carbonyl (C=O) groups is 1. The molecular weight excluding hydrogens is 376 g/mol. The zero-order valence-electron chi connectivity index (χ0n) is 16.7. The molecular formula is C24H24N4O2. The third-order valence-corrected chi connectivity index (χ3v) is 5.83. The van der Waals surface area contributed by atoms with Crippen LogP contribution in [0.1, 0.15) is 24.8 Å². The van der Waals surface area contributed by atoms with Gasteiger partial charge in [-0.25, -0.2) is 4.79 Å². The summed E-state index contributed by atoms with van der Waals surface area (Å²) in [5.41, 5.74) is 3.91. The topological polar surface area (TPSA) is 81.0 Å². The molecule has 30 heavy (non-hydrogen) atoms. The van der Waals surface area contributed by atoms with Crippen LogP contribution >= 0.6 is 0 Å². The number of nitrogens with one attached hydrogen (secondary N) is 3. The van der Waals surface area contributed by atoms with E-state index < -0.39 is 0 Å². The highest BCUT2D eigenvalue weighted by Crippen LogP contribution is 2.32. The molecule has 2 heterocycles. The highest BCUT2D eigenvalue weighted by Gasteiger charge is 2.18. The van der Waals surface area contributed by atoms with Gasteiger partial charge >= 0.3 is 5.69 Å². The first-order valence-electron chi connectivity index (χ1n) is 10.4. The number of fused-ring (bicyclic) bond motifs is 2. The van der Waals surface area contributed by atoms with Gasteiger partial charge in [0.05, 0.1) is 28.8 Å². The molecule has 1 amide bonds. The molecule has 5 rings (SSSR count). The maximum absolute atomic E-state index is 13.0. The molecule has 0 radical (unpaired) electrons. The zero-order chi connectivity index (χ0) is 20.5. The molecule has 1 saturated heterocycles. The lowest BCUT2D eigenvalue weighted by atomic mass is 10.0. The summed E-state index contributed by atoms with van der Waals surface area (Å²) in [6, 6.07) is 18.0. The zero-order valence-corrected chi connectivity index (χ0v) is 16.7. The molecule has 0 atom stereocenters. The number of imidazole rings is 1. The predicted molar refractivity (Wildman–Crippen MR) is 121 cm³/mol. The highest BCUT2D eigenvalue weighted by atomic mass is 16.1. The number of piperidine rings is 1. The van der Waals surface area contributed by atoms with Crippen molar-refractivity contribution < 1.29 is 4.79 Å². The summed E-state index contributed by atoms with van der Waals surface area (Å²) in [6.07, 6.45) is 3.78. The second kappa shape index (κ2) is 7.71. The SMILES string of the molecule is O=C(Cc1cccc2ccccc12)Nc1cc2[nH]c(=O)[nH]c2cc1N1CCCCC1. The van der Waals surface area contributed by atoms with E-state index in [0.717, 1.165) is 59.2 Å². The molecule has 152 valence electrons. The van der Waals surface area contributed by atoms with E-state index in [-0.39, 0.29) is 11.6 Å². The molecule has 3 N–H and O–H groups in total. The molecule has 6 nitrogen and oxygen atoms in total. The van der Waals surface area contributed by atoms with E-state index >= 15 is 0 Å². The van der Waals surface area contributed by atoms with E-state index in [4.69, 9.17) is 0 Å². The average Bonchev–Trinajstić information content (AvgIpc) is 3.13. The largest absolute Gasteiger partial charge is 0.370 e. The van der Waals surface area contributed by atoms with Gasteiger partial charge < -0.3 is 20.2 Å². The second-order valence-electron chi connectivity index (χ2n) is 7.90. The Bertz CT molecular complexity index is 1280. The van der Waals surface area contributed by atoms with E-state index in [0.29, 0.717) is 11.9 Å². The third kappa shape index (κ3) is 3.56. The van der Waals surface area contributed by atoms with Crippen LogP contribution in [0.2, 0.25) is 0 Å². The molecule has 0 aliphatic carbocycles. The van der Waals surface area contributed by atoms with Crippen LogP contribution in [-0.4, -0.2) is 29.0 Å². The Balaban J connectivity index is 1.47. The molecule has 6 heteroatoms. The standard InChI is InChI=1S/C24H24N4O2/c29-23(13-17-9-6-8-16-7-2-3-10-18(16)17)25-21-14-19-20(27-24(30)26-19)15-22(21)28-11-4-1-5-12-28/h2-3,6-10,14-15H,1,4-5,11-13H2,(H,25,29)(H2,26,27,30). The van der Waals surface area contributed by atoms with Crippen molar-refractivity contribution in [2.75, 3.05) is 23.3 Å². The van der Waals surface area contributed by atoms with Crippen molar-refractivity contribution in [1.29, 1.82) is 0 Å². The Hall–Kier alpha value is -3.54. The maximum atomic E-state index is 13.0. The molecule has 1 fully saturated rings. The van der Waals surface area contributed by atoms with Crippen LogP contribution in [0.5, 0.6) is 0 Å². The van der Waals surface area contributed by atoms with Gasteiger partial charge in [0.25, 0.3) is 0 Å². The Morgan fingerprint density at radius 1 is 0.933 bits per heavy atom. The van der Waals surface area contributed by atoms with Crippen molar-refractivity contribution in [1.82, 2.24) is 9.97 Å². The number of rotatable bonds is 4. The Morgan fingerprint density at radius 2 is 1.67 bits per heavy atom. The van der Waals surface area contributed by atoms with Gasteiger partial charge in [-0.1, -0.05) is 42.5 Å². The third-order valence-electron chi connectivity index (χ3n) is 5.83. The van der Waals surface area contributed by atoms with Gasteiger partial charge in [0.2, 0.25) is 5.91 Å². The van der Waals surface area contributed by atoms with Gasteiger partial charge in [0.15, 0.2) is 0 Å². The summed E-state index contributed by atoms with van der Waals surface area (Å²) >= 11 is 0. The lowest BCUT2D eigenvalue weighted by molar-refractivity contribution is -0.115. The fraction of sp³-hybridized carbons (Fsp3) is 0.250. The second-order valence-corrected chi connectivity index (χ2v) is 7.90. The number of amides is 1. The summed E-state index contributed by atoms with van der Waals surface area (Å²) in [6.45, 7) is 1.90. The number of aromatic nitrogens is 2.